The molecule has 2 heterocycles. The van der Waals surface area contributed by atoms with Gasteiger partial charge in [0.05, 0.1) is 5.60 Å². The van der Waals surface area contributed by atoms with Crippen LogP contribution in [0.3, 0.4) is 0 Å². The van der Waals surface area contributed by atoms with E-state index in [9.17, 15) is 14.0 Å². The summed E-state index contributed by atoms with van der Waals surface area (Å²) in [5.41, 5.74) is 0.292. The molecule has 1 aliphatic carbocycles. The molecular weight excluding hydrogens is 349 g/mol. The number of hydrogen-bond acceptors (Lipinski definition) is 3. The Labute approximate surface area is 158 Å². The van der Waals surface area contributed by atoms with Crippen molar-refractivity contribution in [2.24, 2.45) is 5.92 Å². The van der Waals surface area contributed by atoms with Crippen molar-refractivity contribution < 1.29 is 18.7 Å². The minimum Gasteiger partial charge on any atom is -0.362 e. The second-order valence-electron chi connectivity index (χ2n) is 7.94. The first-order valence-corrected chi connectivity index (χ1v) is 9.80. The lowest BCUT2D eigenvalue weighted by Gasteiger charge is -2.39. The van der Waals surface area contributed by atoms with E-state index in [1.165, 1.54) is 25.0 Å². The average molecular weight is 375 g/mol. The van der Waals surface area contributed by atoms with Gasteiger partial charge in [0.25, 0.3) is 0 Å². The Kier molecular flexibility index (Phi) is 5.04. The van der Waals surface area contributed by atoms with Gasteiger partial charge in [-0.2, -0.15) is 0 Å². The third-order valence-electron chi connectivity index (χ3n) is 5.87. The van der Waals surface area contributed by atoms with E-state index in [4.69, 9.17) is 4.74 Å². The highest BCUT2D eigenvalue weighted by Crippen LogP contribution is 2.39. The molecule has 0 radical (unpaired) electrons. The van der Waals surface area contributed by atoms with E-state index in [0.29, 0.717) is 24.7 Å². The molecule has 1 aromatic rings. The Morgan fingerprint density at radius 1 is 1.11 bits per heavy atom. The summed E-state index contributed by atoms with van der Waals surface area (Å²) in [6.45, 7) is 1.94. The van der Waals surface area contributed by atoms with Crippen molar-refractivity contribution >= 4 is 17.6 Å². The van der Waals surface area contributed by atoms with Crippen molar-refractivity contribution in [1.82, 2.24) is 10.2 Å². The number of piperidine rings is 1. The molecule has 2 N–H and O–H groups in total. The summed E-state index contributed by atoms with van der Waals surface area (Å²) >= 11 is 0. The van der Waals surface area contributed by atoms with Crippen LogP contribution >= 0.6 is 0 Å². The number of benzene rings is 1. The molecule has 1 atom stereocenters. The number of hydrogen-bond donors (Lipinski definition) is 2. The molecule has 3 fully saturated rings. The van der Waals surface area contributed by atoms with Gasteiger partial charge in [-0.25, -0.2) is 9.18 Å². The lowest BCUT2D eigenvalue weighted by Crippen LogP contribution is -2.48. The van der Waals surface area contributed by atoms with E-state index in [-0.39, 0.29) is 29.5 Å². The van der Waals surface area contributed by atoms with Crippen LogP contribution in [0.5, 0.6) is 0 Å². The van der Waals surface area contributed by atoms with Crippen LogP contribution in [0.25, 0.3) is 0 Å². The van der Waals surface area contributed by atoms with E-state index >= 15 is 0 Å². The number of anilines is 1. The number of amides is 3. The zero-order valence-electron chi connectivity index (χ0n) is 15.4. The first-order chi connectivity index (χ1) is 13.0. The maximum atomic E-state index is 13.0. The molecule has 0 aromatic heterocycles. The fourth-order valence-electron chi connectivity index (χ4n) is 3.90. The molecule has 4 rings (SSSR count). The highest BCUT2D eigenvalue weighted by atomic mass is 19.1. The van der Waals surface area contributed by atoms with Gasteiger partial charge in [0.15, 0.2) is 0 Å². The number of nitrogens with one attached hydrogen (secondary N) is 2. The predicted molar refractivity (Wildman–Crippen MR) is 98.8 cm³/mol. The zero-order chi connectivity index (χ0) is 18.9. The van der Waals surface area contributed by atoms with Crippen molar-refractivity contribution in [1.29, 1.82) is 0 Å². The molecule has 6 nitrogen and oxygen atoms in total. The topological polar surface area (TPSA) is 70.7 Å². The average Bonchev–Trinajstić information content (AvgIpc) is 3.42. The number of rotatable bonds is 4. The lowest BCUT2D eigenvalue weighted by molar-refractivity contribution is -0.140. The summed E-state index contributed by atoms with van der Waals surface area (Å²) in [7, 11) is 0. The lowest BCUT2D eigenvalue weighted by atomic mass is 9.88. The fourth-order valence-corrected chi connectivity index (χ4v) is 3.90. The minimum atomic E-state index is -0.358. The highest BCUT2D eigenvalue weighted by Gasteiger charge is 2.45. The molecule has 0 unspecified atom stereocenters. The quantitative estimate of drug-likeness (QED) is 0.850. The van der Waals surface area contributed by atoms with Gasteiger partial charge in [0.1, 0.15) is 11.9 Å². The predicted octanol–water partition coefficient (Wildman–Crippen LogP) is 2.90. The molecule has 1 aromatic carbocycles. The Morgan fingerprint density at radius 3 is 2.48 bits per heavy atom. The first kappa shape index (κ1) is 18.2. The maximum absolute atomic E-state index is 13.0. The molecule has 2 aliphatic heterocycles. The van der Waals surface area contributed by atoms with Crippen LogP contribution in [0.15, 0.2) is 24.3 Å². The monoisotopic (exact) mass is 375 g/mol. The Bertz CT molecular complexity index is 697. The van der Waals surface area contributed by atoms with Gasteiger partial charge in [-0.05, 0) is 68.7 Å². The van der Waals surface area contributed by atoms with Crippen LogP contribution < -0.4 is 10.6 Å². The van der Waals surface area contributed by atoms with Crippen molar-refractivity contribution in [3.8, 4) is 0 Å². The van der Waals surface area contributed by atoms with Crippen LogP contribution in [0.4, 0.5) is 14.9 Å². The number of likely N-dealkylation sites (tertiary alicyclic amines) is 1. The van der Waals surface area contributed by atoms with Crippen molar-refractivity contribution in [2.45, 2.75) is 50.2 Å². The van der Waals surface area contributed by atoms with Gasteiger partial charge in [-0.15, -0.1) is 0 Å². The molecule has 3 aliphatic rings. The summed E-state index contributed by atoms with van der Waals surface area (Å²) in [4.78, 5) is 26.4. The number of ether oxygens (including phenoxy) is 1. The normalized spacial score (nSPS) is 24.0. The highest BCUT2D eigenvalue weighted by molar-refractivity contribution is 5.89. The molecular formula is C20H26FN3O3. The van der Waals surface area contributed by atoms with Gasteiger partial charge in [-0.1, -0.05) is 0 Å². The van der Waals surface area contributed by atoms with E-state index < -0.39 is 0 Å². The largest absolute Gasteiger partial charge is 0.362 e. The molecule has 7 heteroatoms. The van der Waals surface area contributed by atoms with Crippen molar-refractivity contribution in [3.05, 3.63) is 30.1 Å². The smallest absolute Gasteiger partial charge is 0.321 e. The molecule has 3 amide bonds. The summed E-state index contributed by atoms with van der Waals surface area (Å²) in [6, 6.07) is 5.55. The second kappa shape index (κ2) is 7.46. The van der Waals surface area contributed by atoms with Gasteiger partial charge in [0.2, 0.25) is 5.91 Å². The number of urea groups is 1. The summed E-state index contributed by atoms with van der Waals surface area (Å²) in [6.07, 6.45) is 5.15. The van der Waals surface area contributed by atoms with E-state index in [1.807, 2.05) is 0 Å². The third kappa shape index (κ3) is 4.40. The fraction of sp³-hybridized carbons (Fsp3) is 0.600. The van der Waals surface area contributed by atoms with Crippen molar-refractivity contribution in [3.63, 3.8) is 0 Å². The summed E-state index contributed by atoms with van der Waals surface area (Å²) in [5, 5.41) is 5.80. The van der Waals surface area contributed by atoms with Crippen LogP contribution in [-0.2, 0) is 9.53 Å². The first-order valence-electron chi connectivity index (χ1n) is 9.80. The molecule has 1 spiro atoms. The van der Waals surface area contributed by atoms with Gasteiger partial charge >= 0.3 is 6.03 Å². The summed E-state index contributed by atoms with van der Waals surface area (Å²) < 4.78 is 19.1. The molecule has 27 heavy (non-hydrogen) atoms. The van der Waals surface area contributed by atoms with Gasteiger partial charge in [0, 0.05) is 25.3 Å². The Balaban J connectivity index is 1.25. The van der Waals surface area contributed by atoms with Crippen molar-refractivity contribution in [2.75, 3.05) is 25.0 Å². The minimum absolute atomic E-state index is 0.00950. The maximum Gasteiger partial charge on any atom is 0.321 e. The number of carbonyl (C=O) groups excluding carboxylic acids is 2. The summed E-state index contributed by atoms with van der Waals surface area (Å²) in [5.74, 6) is 0.337. The van der Waals surface area contributed by atoms with Crippen LogP contribution in [0, 0.1) is 11.7 Å². The molecule has 1 saturated carbocycles. The molecule has 146 valence electrons. The van der Waals surface area contributed by atoms with E-state index in [0.717, 1.165) is 32.2 Å². The molecule has 0 bridgehead atoms. The Hall–Kier alpha value is -2.15. The van der Waals surface area contributed by atoms with E-state index in [1.54, 1.807) is 17.0 Å². The number of nitrogens with zero attached hydrogens (tertiary/aromatic N) is 1. The SMILES string of the molecule is O=C(NCC1CC1)[C@H]1CCC2(CCN(C(=O)Nc3ccc(F)cc3)CC2)O1. The van der Waals surface area contributed by atoms with Crippen LogP contribution in [0.1, 0.15) is 38.5 Å². The number of carbonyl (C=O) groups is 2. The van der Waals surface area contributed by atoms with E-state index in [2.05, 4.69) is 10.6 Å². The zero-order valence-corrected chi connectivity index (χ0v) is 15.4. The Morgan fingerprint density at radius 2 is 1.81 bits per heavy atom. The third-order valence-corrected chi connectivity index (χ3v) is 5.87. The second-order valence-corrected chi connectivity index (χ2v) is 7.94. The van der Waals surface area contributed by atoms with Gasteiger partial charge < -0.3 is 20.3 Å². The van der Waals surface area contributed by atoms with Crippen LogP contribution in [-0.4, -0.2) is 48.2 Å². The molecule has 2 saturated heterocycles. The number of halogens is 1. The van der Waals surface area contributed by atoms with Gasteiger partial charge in [-0.3, -0.25) is 4.79 Å². The standard InChI is InChI=1S/C20H26FN3O3/c21-15-3-5-16(6-4-15)23-19(26)24-11-9-20(10-12-24)8-7-17(27-20)18(25)22-13-14-1-2-14/h3-6,14,17H,1-2,7-13H2,(H,22,25)(H,23,26)/t17-/m1/s1. The van der Waals surface area contributed by atoms with Crippen LogP contribution in [0.2, 0.25) is 0 Å².